The molecule has 0 saturated carbocycles. The molecule has 3 aliphatic heterocycles. The van der Waals surface area contributed by atoms with Crippen molar-refractivity contribution < 1.29 is 35.2 Å². The van der Waals surface area contributed by atoms with Gasteiger partial charge in [0, 0.05) is 0 Å². The Morgan fingerprint density at radius 1 is 1.57 bits per heavy atom. The minimum atomic E-state index is -4.98. The van der Waals surface area contributed by atoms with Crippen molar-refractivity contribution in [1.29, 1.82) is 5.41 Å². The second-order valence-corrected chi connectivity index (χ2v) is 6.04. The fraction of sp³-hybridized carbons (Fsp3) is 0.600. The molecule has 5 N–H and O–H groups in total. The van der Waals surface area contributed by atoms with Gasteiger partial charge in [-0.2, -0.15) is 0 Å². The van der Waals surface area contributed by atoms with Crippen LogP contribution < -0.4 is 0 Å². The zero-order valence-corrected chi connectivity index (χ0v) is 12.3. The van der Waals surface area contributed by atoms with Crippen molar-refractivity contribution in [1.82, 2.24) is 4.90 Å². The third-order valence-corrected chi connectivity index (χ3v) is 3.90. The van der Waals surface area contributed by atoms with Gasteiger partial charge in [0.25, 0.3) is 0 Å². The third-order valence-electron chi connectivity index (χ3n) is 3.38. The molecule has 1 saturated heterocycles. The van der Waals surface area contributed by atoms with Gasteiger partial charge in [0.2, 0.25) is 0 Å². The highest BCUT2D eigenvalue weighted by Gasteiger charge is 2.52. The topological polar surface area (TPSA) is 181 Å². The lowest BCUT2D eigenvalue weighted by Crippen LogP contribution is -2.48. The summed E-state index contributed by atoms with van der Waals surface area (Å²) in [5, 5.41) is 27.0. The summed E-state index contributed by atoms with van der Waals surface area (Å²) < 4.78 is 29.3. The highest BCUT2D eigenvalue weighted by Crippen LogP contribution is 2.42. The molecule has 12 nitrogen and oxygen atoms in total. The normalized spacial score (nSPS) is 40.3. The molecular weight excluding hydrogens is 333 g/mol. The van der Waals surface area contributed by atoms with E-state index in [2.05, 4.69) is 19.5 Å². The number of phosphoric ester groups is 1. The average Bonchev–Trinajstić information content (AvgIpc) is 2.98. The van der Waals surface area contributed by atoms with Crippen molar-refractivity contribution in [2.24, 2.45) is 15.0 Å². The highest BCUT2D eigenvalue weighted by molar-refractivity contribution is 7.46. The van der Waals surface area contributed by atoms with Gasteiger partial charge in [0.1, 0.15) is 30.5 Å². The molecule has 5 atom stereocenters. The summed E-state index contributed by atoms with van der Waals surface area (Å²) in [5.41, 5.74) is 0. The van der Waals surface area contributed by atoms with Gasteiger partial charge in [-0.15, -0.1) is 0 Å². The predicted molar refractivity (Wildman–Crippen MR) is 76.4 cm³/mol. The molecule has 13 heteroatoms. The van der Waals surface area contributed by atoms with Gasteiger partial charge in [-0.05, 0) is 0 Å². The Morgan fingerprint density at radius 3 is 2.96 bits per heavy atom. The minimum absolute atomic E-state index is 0.0994. The van der Waals surface area contributed by atoms with Crippen LogP contribution >= 0.6 is 7.82 Å². The van der Waals surface area contributed by atoms with E-state index in [0.717, 1.165) is 17.6 Å². The van der Waals surface area contributed by atoms with E-state index in [1.54, 1.807) is 0 Å². The van der Waals surface area contributed by atoms with Crippen LogP contribution in [0.4, 0.5) is 0 Å². The predicted octanol–water partition coefficient (Wildman–Crippen LogP) is -2.33. The van der Waals surface area contributed by atoms with E-state index >= 15 is 0 Å². The molecule has 1 fully saturated rings. The van der Waals surface area contributed by atoms with Gasteiger partial charge in [0.15, 0.2) is 18.1 Å². The second-order valence-electron chi connectivity index (χ2n) is 4.85. The number of aliphatic imine (C=N–C) groups is 3. The molecule has 0 bridgehead atoms. The number of hydrogen-bond donors (Lipinski definition) is 5. The van der Waals surface area contributed by atoms with Crippen LogP contribution in [-0.4, -0.2) is 86.4 Å². The molecular formula is C10H14N5O7P. The Morgan fingerprint density at radius 2 is 2.30 bits per heavy atom. The van der Waals surface area contributed by atoms with Crippen LogP contribution in [0.15, 0.2) is 15.0 Å². The first-order chi connectivity index (χ1) is 11.2. The standard InChI is InChI=1S/C10H14N5O7P/c11-8-5-9(13-2-12-8)15(3-14-5)10-7(22-23(18,19)20)6(17)4(1-16)21-10/h2-7,10-11,16-17H,1H2,(H2,18,19,20)/t4-,5?,6-,7-,10-/m1/s1/i5D. The van der Waals surface area contributed by atoms with E-state index in [0.29, 0.717) is 0 Å². The van der Waals surface area contributed by atoms with Gasteiger partial charge >= 0.3 is 7.82 Å². The maximum absolute atomic E-state index is 11.2. The maximum Gasteiger partial charge on any atom is 0.470 e. The Balaban J connectivity index is 1.94. The number of phosphoric acid groups is 1. The molecule has 126 valence electrons. The summed E-state index contributed by atoms with van der Waals surface area (Å²) >= 11 is 0. The van der Waals surface area contributed by atoms with Crippen molar-refractivity contribution in [3.63, 3.8) is 0 Å². The monoisotopic (exact) mass is 348 g/mol. The summed E-state index contributed by atoms with van der Waals surface area (Å²) in [5.74, 6) is -0.506. The van der Waals surface area contributed by atoms with Gasteiger partial charge in [-0.3, -0.25) is 19.8 Å². The number of fused-ring (bicyclic) bond motifs is 1. The number of aliphatic hydroxyl groups is 2. The first kappa shape index (κ1) is 15.0. The summed E-state index contributed by atoms with van der Waals surface area (Å²) in [6.07, 6.45) is -3.47. The molecule has 0 aliphatic carbocycles. The maximum atomic E-state index is 11.2. The summed E-state index contributed by atoms with van der Waals surface area (Å²) in [4.78, 5) is 30.5. The van der Waals surface area contributed by atoms with Crippen molar-refractivity contribution in [2.45, 2.75) is 30.6 Å². The van der Waals surface area contributed by atoms with Crippen LogP contribution in [0.3, 0.4) is 0 Å². The van der Waals surface area contributed by atoms with Crippen LogP contribution in [0.5, 0.6) is 0 Å². The molecule has 1 unspecified atom stereocenters. The molecule has 3 aliphatic rings. The Bertz CT molecular complexity index is 695. The van der Waals surface area contributed by atoms with Gasteiger partial charge < -0.3 is 24.7 Å². The van der Waals surface area contributed by atoms with Crippen molar-refractivity contribution in [2.75, 3.05) is 6.61 Å². The van der Waals surface area contributed by atoms with Gasteiger partial charge in [0.05, 0.1) is 14.3 Å². The van der Waals surface area contributed by atoms with Crippen molar-refractivity contribution >= 4 is 32.2 Å². The third kappa shape index (κ3) is 2.97. The quantitative estimate of drug-likeness (QED) is 0.351. The molecule has 0 radical (unpaired) electrons. The van der Waals surface area contributed by atoms with Crippen LogP contribution in [0, 0.1) is 5.41 Å². The smallest absolute Gasteiger partial charge is 0.394 e. The van der Waals surface area contributed by atoms with E-state index < -0.39 is 50.8 Å². The Labute approximate surface area is 130 Å². The van der Waals surface area contributed by atoms with E-state index in [1.165, 1.54) is 0 Å². The zero-order valence-electron chi connectivity index (χ0n) is 12.4. The van der Waals surface area contributed by atoms with Crippen LogP contribution in [0.2, 0.25) is 0 Å². The lowest BCUT2D eigenvalue weighted by Gasteiger charge is -2.29. The summed E-state index contributed by atoms with van der Waals surface area (Å²) in [6, 6.07) is -1.92. The minimum Gasteiger partial charge on any atom is -0.394 e. The molecule has 0 aromatic heterocycles. The van der Waals surface area contributed by atoms with Crippen LogP contribution in [-0.2, 0) is 13.8 Å². The van der Waals surface area contributed by atoms with E-state index in [9.17, 15) is 14.8 Å². The van der Waals surface area contributed by atoms with E-state index in [4.69, 9.17) is 21.3 Å². The SMILES string of the molecule is [2H]C12N=CN([C@@H]3O[C@H](CO)[C@@H](O)[C@H]3OP(=O)(O)O)C1=NC=NC2=N. The first-order valence-corrected chi connectivity index (χ1v) is 7.92. The van der Waals surface area contributed by atoms with Crippen molar-refractivity contribution in [3.05, 3.63) is 0 Å². The number of aliphatic hydroxyl groups excluding tert-OH is 2. The molecule has 3 heterocycles. The largest absolute Gasteiger partial charge is 0.470 e. The van der Waals surface area contributed by atoms with Gasteiger partial charge in [-0.25, -0.2) is 14.5 Å². The number of nitrogens with zero attached hydrogens (tertiary/aromatic N) is 4. The van der Waals surface area contributed by atoms with Gasteiger partial charge in [-0.1, -0.05) is 0 Å². The molecule has 0 spiro atoms. The zero-order chi connectivity index (χ0) is 17.7. The molecule has 3 rings (SSSR count). The molecule has 0 aromatic rings. The Hall–Kier alpha value is -1.53. The summed E-state index contributed by atoms with van der Waals surface area (Å²) in [6.45, 7) is -0.626. The van der Waals surface area contributed by atoms with Crippen LogP contribution in [0.25, 0.3) is 0 Å². The Kier molecular flexibility index (Phi) is 3.81. The second kappa shape index (κ2) is 5.83. The lowest BCUT2D eigenvalue weighted by molar-refractivity contribution is -0.0504. The molecule has 0 aromatic carbocycles. The number of rotatable bonds is 4. The number of hydrogen-bond acceptors (Lipinski definition) is 9. The fourth-order valence-electron chi connectivity index (χ4n) is 2.40. The number of ether oxygens (including phenoxy) is 1. The average molecular weight is 348 g/mol. The van der Waals surface area contributed by atoms with Crippen LogP contribution in [0.1, 0.15) is 1.37 Å². The number of nitrogens with one attached hydrogen (secondary N) is 1. The number of amidine groups is 2. The van der Waals surface area contributed by atoms with Crippen molar-refractivity contribution in [3.8, 4) is 0 Å². The lowest BCUT2D eigenvalue weighted by atomic mass is 10.1. The molecule has 23 heavy (non-hydrogen) atoms. The van der Waals surface area contributed by atoms with E-state index in [-0.39, 0.29) is 5.84 Å². The fourth-order valence-corrected chi connectivity index (χ4v) is 2.95. The first-order valence-electron chi connectivity index (χ1n) is 6.89. The highest BCUT2D eigenvalue weighted by atomic mass is 31.2. The summed E-state index contributed by atoms with van der Waals surface area (Å²) in [7, 11) is -4.98. The van der Waals surface area contributed by atoms with E-state index in [1.807, 2.05) is 0 Å². The molecule has 0 amide bonds.